The van der Waals surface area contributed by atoms with Crippen LogP contribution in [0.5, 0.6) is 0 Å². The highest BCUT2D eigenvalue weighted by molar-refractivity contribution is 5.85. The van der Waals surface area contributed by atoms with E-state index in [1.807, 2.05) is 13.8 Å². The van der Waals surface area contributed by atoms with Crippen LogP contribution in [0.25, 0.3) is 0 Å². The molecule has 0 radical (unpaired) electrons. The largest absolute Gasteiger partial charge is 0.478 e. The zero-order valence-corrected chi connectivity index (χ0v) is 16.2. The third-order valence-corrected chi connectivity index (χ3v) is 4.09. The van der Waals surface area contributed by atoms with Crippen LogP contribution in [0.1, 0.15) is 55.4 Å². The summed E-state index contributed by atoms with van der Waals surface area (Å²) >= 11 is 0. The summed E-state index contributed by atoms with van der Waals surface area (Å²) in [7, 11) is 0. The third-order valence-electron chi connectivity index (χ3n) is 4.09. The zero-order valence-electron chi connectivity index (χ0n) is 16.2. The molecule has 0 aliphatic rings. The first-order chi connectivity index (χ1) is 10.4. The van der Waals surface area contributed by atoms with Gasteiger partial charge in [0.15, 0.2) is 5.79 Å². The molecule has 0 heterocycles. The van der Waals surface area contributed by atoms with Gasteiger partial charge in [-0.1, -0.05) is 47.8 Å². The molecule has 0 amide bonds. The molecule has 142 valence electrons. The van der Waals surface area contributed by atoms with Crippen molar-refractivity contribution in [1.82, 2.24) is 0 Å². The highest BCUT2D eigenvalue weighted by Crippen LogP contribution is 2.39. The number of carboxylic acid groups (broad SMARTS) is 2. The molecule has 0 bridgehead atoms. The number of aliphatic hydroxyl groups is 2. The maximum Gasteiger partial charge on any atom is 0.330 e. The van der Waals surface area contributed by atoms with Crippen molar-refractivity contribution in [2.24, 2.45) is 17.3 Å². The number of carbonyl (C=O) groups is 2. The topological polar surface area (TPSA) is 115 Å². The fourth-order valence-corrected chi connectivity index (χ4v) is 1.26. The van der Waals surface area contributed by atoms with Crippen LogP contribution in [-0.2, 0) is 9.59 Å². The molecule has 0 aromatic carbocycles. The minimum atomic E-state index is -1.60. The minimum absolute atomic E-state index is 0.176. The quantitative estimate of drug-likeness (QED) is 0.448. The van der Waals surface area contributed by atoms with E-state index in [2.05, 4.69) is 33.9 Å². The molecular weight excluding hydrogens is 312 g/mol. The monoisotopic (exact) mass is 346 g/mol. The molecule has 0 aromatic rings. The summed E-state index contributed by atoms with van der Waals surface area (Å²) < 4.78 is 0. The molecule has 0 aliphatic carbocycles. The fourth-order valence-electron chi connectivity index (χ4n) is 1.26. The smallest absolute Gasteiger partial charge is 0.330 e. The van der Waals surface area contributed by atoms with Gasteiger partial charge < -0.3 is 20.4 Å². The maximum atomic E-state index is 9.60. The molecule has 0 saturated carbocycles. The van der Waals surface area contributed by atoms with Crippen LogP contribution < -0.4 is 0 Å². The normalized spacial score (nSPS) is 12.1. The lowest BCUT2D eigenvalue weighted by atomic mass is 9.69. The standard InChI is InChI=1S/C10H22O2.2C4H6O2/c1-7(2)8(3)9(4,5)10(6,11)12;2*1-3(2)4(5)6/h7-8,11-12H,1-6H3;2*1H2,2H3,(H,5,6). The molecule has 6 nitrogen and oxygen atoms in total. The highest BCUT2D eigenvalue weighted by atomic mass is 16.5. The SMILES string of the molecule is C=C(C)C(=O)O.C=C(C)C(=O)O.CC(C)C(C)C(C)(C)C(C)(O)O. The van der Waals surface area contributed by atoms with Crippen molar-refractivity contribution >= 4 is 11.9 Å². The van der Waals surface area contributed by atoms with E-state index in [4.69, 9.17) is 10.2 Å². The van der Waals surface area contributed by atoms with Gasteiger partial charge in [-0.2, -0.15) is 0 Å². The maximum absolute atomic E-state index is 9.60. The number of hydrogen-bond acceptors (Lipinski definition) is 4. The Morgan fingerprint density at radius 2 is 1.04 bits per heavy atom. The van der Waals surface area contributed by atoms with Crippen molar-refractivity contribution in [2.75, 3.05) is 0 Å². The predicted molar refractivity (Wildman–Crippen MR) is 95.5 cm³/mol. The molecular formula is C18H34O6. The lowest BCUT2D eigenvalue weighted by Crippen LogP contribution is -2.47. The predicted octanol–water partition coefficient (Wildman–Crippen LogP) is 3.30. The molecule has 0 fully saturated rings. The second kappa shape index (κ2) is 11.0. The van der Waals surface area contributed by atoms with Crippen LogP contribution in [0.3, 0.4) is 0 Å². The van der Waals surface area contributed by atoms with Gasteiger partial charge in [-0.05, 0) is 32.6 Å². The Labute approximate surface area is 145 Å². The summed E-state index contributed by atoms with van der Waals surface area (Å²) in [5.74, 6) is -2.74. The van der Waals surface area contributed by atoms with Crippen LogP contribution >= 0.6 is 0 Å². The summed E-state index contributed by atoms with van der Waals surface area (Å²) in [5.41, 5.74) is -0.119. The van der Waals surface area contributed by atoms with E-state index in [1.165, 1.54) is 20.8 Å². The molecule has 1 unspecified atom stereocenters. The van der Waals surface area contributed by atoms with Gasteiger partial charge in [0.1, 0.15) is 0 Å². The lowest BCUT2D eigenvalue weighted by molar-refractivity contribution is -0.237. The van der Waals surface area contributed by atoms with Gasteiger partial charge in [-0.25, -0.2) is 9.59 Å². The van der Waals surface area contributed by atoms with E-state index in [9.17, 15) is 19.8 Å². The van der Waals surface area contributed by atoms with E-state index < -0.39 is 23.1 Å². The summed E-state index contributed by atoms with van der Waals surface area (Å²) in [4.78, 5) is 19.2. The van der Waals surface area contributed by atoms with E-state index >= 15 is 0 Å². The Kier molecular flexibility index (Phi) is 12.5. The third kappa shape index (κ3) is 11.8. The van der Waals surface area contributed by atoms with Crippen molar-refractivity contribution in [2.45, 2.75) is 61.2 Å². The molecule has 0 aliphatic heterocycles. The van der Waals surface area contributed by atoms with Gasteiger partial charge in [0, 0.05) is 16.6 Å². The van der Waals surface area contributed by atoms with Crippen LogP contribution in [-0.4, -0.2) is 38.2 Å². The van der Waals surface area contributed by atoms with Crippen molar-refractivity contribution in [3.8, 4) is 0 Å². The fraction of sp³-hybridized carbons (Fsp3) is 0.667. The van der Waals surface area contributed by atoms with Gasteiger partial charge in [0.2, 0.25) is 0 Å². The van der Waals surface area contributed by atoms with Crippen molar-refractivity contribution in [1.29, 1.82) is 0 Å². The average Bonchev–Trinajstić information content (AvgIpc) is 2.37. The second-order valence-corrected chi connectivity index (χ2v) is 6.95. The van der Waals surface area contributed by atoms with Crippen molar-refractivity contribution in [3.63, 3.8) is 0 Å². The molecule has 4 N–H and O–H groups in total. The summed E-state index contributed by atoms with van der Waals surface area (Å²) in [5, 5.41) is 34.8. The molecule has 0 spiro atoms. The lowest BCUT2D eigenvalue weighted by Gasteiger charge is -2.42. The van der Waals surface area contributed by atoms with Crippen LogP contribution in [0.2, 0.25) is 0 Å². The van der Waals surface area contributed by atoms with Crippen molar-refractivity contribution < 1.29 is 30.0 Å². The van der Waals surface area contributed by atoms with Gasteiger partial charge in [-0.15, -0.1) is 0 Å². The van der Waals surface area contributed by atoms with E-state index in [-0.39, 0.29) is 17.1 Å². The molecule has 24 heavy (non-hydrogen) atoms. The van der Waals surface area contributed by atoms with E-state index in [1.54, 1.807) is 0 Å². The molecule has 0 rings (SSSR count). The number of hydrogen-bond donors (Lipinski definition) is 4. The van der Waals surface area contributed by atoms with Gasteiger partial charge >= 0.3 is 11.9 Å². The van der Waals surface area contributed by atoms with E-state index in [0.717, 1.165) is 0 Å². The first-order valence-electron chi connectivity index (χ1n) is 7.61. The van der Waals surface area contributed by atoms with Gasteiger partial charge in [0.25, 0.3) is 0 Å². The van der Waals surface area contributed by atoms with Crippen LogP contribution in [0.15, 0.2) is 24.3 Å². The molecule has 6 heteroatoms. The zero-order chi connectivity index (χ0) is 20.5. The summed E-state index contributed by atoms with van der Waals surface area (Å²) in [6.45, 7) is 20.7. The highest BCUT2D eigenvalue weighted by Gasteiger charge is 2.42. The first-order valence-corrected chi connectivity index (χ1v) is 7.61. The van der Waals surface area contributed by atoms with Gasteiger partial charge in [-0.3, -0.25) is 0 Å². The number of aliphatic carboxylic acids is 2. The minimum Gasteiger partial charge on any atom is -0.478 e. The first kappa shape index (κ1) is 27.2. The molecule has 0 saturated heterocycles. The van der Waals surface area contributed by atoms with Crippen LogP contribution in [0.4, 0.5) is 0 Å². The summed E-state index contributed by atoms with van der Waals surface area (Å²) in [6.07, 6.45) is 0. The Hall–Kier alpha value is -1.66. The Morgan fingerprint density at radius 1 is 0.833 bits per heavy atom. The average molecular weight is 346 g/mol. The molecule has 0 aromatic heterocycles. The van der Waals surface area contributed by atoms with Crippen LogP contribution in [0, 0.1) is 17.3 Å². The van der Waals surface area contributed by atoms with E-state index in [0.29, 0.717) is 5.92 Å². The number of rotatable bonds is 5. The summed E-state index contributed by atoms with van der Waals surface area (Å²) in [6, 6.07) is 0. The Bertz CT molecular complexity index is 393. The second-order valence-electron chi connectivity index (χ2n) is 6.95. The Morgan fingerprint density at radius 3 is 1.08 bits per heavy atom. The Balaban J connectivity index is -0.000000309. The van der Waals surface area contributed by atoms with Crippen molar-refractivity contribution in [3.05, 3.63) is 24.3 Å². The van der Waals surface area contributed by atoms with Gasteiger partial charge in [0.05, 0.1) is 0 Å². The number of carboxylic acids is 2. The molecule has 1 atom stereocenters.